The second kappa shape index (κ2) is 29.3. The molecule has 0 aromatic rings. The van der Waals surface area contributed by atoms with Crippen LogP contribution < -0.4 is 0 Å². The van der Waals surface area contributed by atoms with Crippen molar-refractivity contribution in [2.45, 2.75) is 98.5 Å². The Morgan fingerprint density at radius 1 is 0.244 bits per heavy atom. The summed E-state index contributed by atoms with van der Waals surface area (Å²) in [5.74, 6) is 0. The Kier molecular flexibility index (Phi) is 33.2. The number of hydrogen-bond acceptors (Lipinski definition) is 22. The normalized spacial score (nSPS) is 21.4. The molecule has 0 unspecified atom stereocenters. The van der Waals surface area contributed by atoms with Crippen LogP contribution in [-0.2, 0) is 0 Å². The first-order valence-corrected chi connectivity index (χ1v) is 13.2. The van der Waals surface area contributed by atoms with Gasteiger partial charge in [-0.1, -0.05) is 0 Å². The van der Waals surface area contributed by atoms with Crippen LogP contribution >= 0.6 is 0 Å². The van der Waals surface area contributed by atoms with Gasteiger partial charge in [-0.2, -0.15) is 0 Å². The monoisotopic (exact) mass is 682 g/mol. The molecule has 0 aliphatic carbocycles. The Hall–Kier alpha value is -0.880. The summed E-state index contributed by atoms with van der Waals surface area (Å²) in [5, 5.41) is 191. The number of hydrogen-bond donors (Lipinski definition) is 22. The molecule has 0 saturated carbocycles. The Morgan fingerprint density at radius 2 is 0.378 bits per heavy atom. The zero-order valence-corrected chi connectivity index (χ0v) is 24.4. The maximum Gasteiger partial charge on any atom is 0.111 e. The minimum Gasteiger partial charge on any atom is -0.394 e. The molecule has 0 aliphatic heterocycles. The second-order valence-corrected chi connectivity index (χ2v) is 9.42. The molecule has 0 aliphatic rings. The predicted molar refractivity (Wildman–Crippen MR) is 145 cm³/mol. The summed E-state index contributed by atoms with van der Waals surface area (Å²) in [6.07, 6.45) is -22.6. The third-order valence-corrected chi connectivity index (χ3v) is 5.61. The van der Waals surface area contributed by atoms with Crippen molar-refractivity contribution in [3.05, 3.63) is 0 Å². The Balaban J connectivity index is -0.000000250. The summed E-state index contributed by atoms with van der Waals surface area (Å²) in [5.41, 5.74) is 0. The molecular formula is C23H54O22. The maximum absolute atomic E-state index is 8.96. The lowest BCUT2D eigenvalue weighted by Gasteiger charge is -2.24. The van der Waals surface area contributed by atoms with E-state index in [1.807, 2.05) is 0 Å². The predicted octanol–water partition coefficient (Wildman–Crippen LogP) is -12.7. The fourth-order valence-electron chi connectivity index (χ4n) is 2.44. The summed E-state index contributed by atoms with van der Waals surface area (Å²) >= 11 is 0. The van der Waals surface area contributed by atoms with Gasteiger partial charge in [0.05, 0.1) is 52.4 Å². The lowest BCUT2D eigenvalue weighted by Crippen LogP contribution is -2.46. The van der Waals surface area contributed by atoms with Gasteiger partial charge >= 0.3 is 0 Å². The molecule has 0 bridgehead atoms. The smallest absolute Gasteiger partial charge is 0.111 e. The molecule has 0 spiro atoms. The van der Waals surface area contributed by atoms with Crippen LogP contribution in [0.5, 0.6) is 0 Å². The minimum atomic E-state index is -1.67. The van der Waals surface area contributed by atoms with E-state index < -0.39 is 138 Å². The van der Waals surface area contributed by atoms with Crippen molar-refractivity contribution in [1.29, 1.82) is 0 Å². The highest BCUT2D eigenvalue weighted by Gasteiger charge is 2.30. The van der Waals surface area contributed by atoms with Crippen LogP contribution in [0.3, 0.4) is 0 Å². The first-order chi connectivity index (χ1) is 20.7. The molecule has 0 fully saturated rings. The van der Waals surface area contributed by atoms with E-state index in [0.29, 0.717) is 0 Å². The summed E-state index contributed by atoms with van der Waals surface area (Å²) < 4.78 is 0. The van der Waals surface area contributed by atoms with Gasteiger partial charge in [-0.25, -0.2) is 0 Å². The van der Waals surface area contributed by atoms with Crippen LogP contribution in [0.15, 0.2) is 0 Å². The highest BCUT2D eigenvalue weighted by molar-refractivity contribution is 4.81. The molecule has 45 heavy (non-hydrogen) atoms. The lowest BCUT2D eigenvalue weighted by atomic mass is 10.0. The van der Waals surface area contributed by atoms with Gasteiger partial charge in [0.1, 0.15) is 85.5 Å². The van der Waals surface area contributed by atoms with E-state index in [9.17, 15) is 0 Å². The van der Waals surface area contributed by atoms with Gasteiger partial charge in [0, 0.05) is 0 Å². The van der Waals surface area contributed by atoms with E-state index in [1.165, 1.54) is 6.92 Å². The molecule has 22 heteroatoms. The third kappa shape index (κ3) is 22.3. The average molecular weight is 683 g/mol. The van der Waals surface area contributed by atoms with Gasteiger partial charge < -0.3 is 112 Å². The second-order valence-electron chi connectivity index (χ2n) is 9.42. The fourth-order valence-corrected chi connectivity index (χ4v) is 2.44. The van der Waals surface area contributed by atoms with E-state index in [2.05, 4.69) is 0 Å². The van der Waals surface area contributed by atoms with Crippen LogP contribution in [0.2, 0.25) is 0 Å². The van der Waals surface area contributed by atoms with E-state index in [0.717, 1.165) is 0 Å². The van der Waals surface area contributed by atoms with E-state index in [-0.39, 0.29) is 0 Å². The summed E-state index contributed by atoms with van der Waals surface area (Å²) in [6, 6.07) is 0. The SMILES string of the molecule is C[C@@H](O)[C@@H](O)[C@H](O)[C@H](O)CO.OC[C@@H](O)[C@@H](O)[C@H](O)[C@@H](O)CO.OC[C@@H](O)[C@@H](O)[C@H](O)[C@H](O)CO.OC[C@@H](O)[C@H](O)[C@@H](O)CO. The number of aliphatic hydroxyl groups is 22. The molecule has 22 N–H and O–H groups in total. The first-order valence-electron chi connectivity index (χ1n) is 13.2. The van der Waals surface area contributed by atoms with Crippen molar-refractivity contribution in [2.75, 3.05) is 46.2 Å². The van der Waals surface area contributed by atoms with Crippen LogP contribution in [0.1, 0.15) is 6.92 Å². The average Bonchev–Trinajstić information content (AvgIpc) is 3.06. The van der Waals surface area contributed by atoms with Gasteiger partial charge in [0.2, 0.25) is 0 Å². The Bertz CT molecular complexity index is 570. The third-order valence-electron chi connectivity index (χ3n) is 5.61. The van der Waals surface area contributed by atoms with Crippen molar-refractivity contribution in [3.8, 4) is 0 Å². The maximum atomic E-state index is 8.96. The Morgan fingerprint density at radius 3 is 0.511 bits per heavy atom. The first kappa shape index (κ1) is 51.0. The molecule has 15 atom stereocenters. The molecule has 22 nitrogen and oxygen atoms in total. The molecule has 0 rings (SSSR count). The lowest BCUT2D eigenvalue weighted by molar-refractivity contribution is -0.123. The number of rotatable bonds is 18. The van der Waals surface area contributed by atoms with E-state index in [4.69, 9.17) is 112 Å². The van der Waals surface area contributed by atoms with Crippen LogP contribution in [0, 0.1) is 0 Å². The minimum absolute atomic E-state index is 0.641. The molecule has 0 saturated heterocycles. The molecule has 278 valence electrons. The van der Waals surface area contributed by atoms with Gasteiger partial charge in [-0.3, -0.25) is 0 Å². The number of aliphatic hydroxyl groups excluding tert-OH is 22. The molecule has 0 aromatic heterocycles. The van der Waals surface area contributed by atoms with Crippen molar-refractivity contribution in [3.63, 3.8) is 0 Å². The highest BCUT2D eigenvalue weighted by Crippen LogP contribution is 2.06. The fraction of sp³-hybridized carbons (Fsp3) is 1.00. The van der Waals surface area contributed by atoms with E-state index >= 15 is 0 Å². The van der Waals surface area contributed by atoms with Gasteiger partial charge in [-0.15, -0.1) is 0 Å². The van der Waals surface area contributed by atoms with E-state index in [1.54, 1.807) is 0 Å². The zero-order chi connectivity index (χ0) is 36.6. The van der Waals surface area contributed by atoms with Crippen LogP contribution in [-0.4, -0.2) is 250 Å². The Labute approximate surface area is 257 Å². The molecule has 0 aromatic carbocycles. The van der Waals surface area contributed by atoms with Crippen molar-refractivity contribution in [2.24, 2.45) is 0 Å². The standard InChI is InChI=1S/2C6H14O6.C6H14O5.C5H12O5/c2*7-1-3(9)5(11)6(12)4(10)2-8;1-3(8)5(10)6(11)4(9)2-7;6-1-3(8)5(10)4(9)2-7/h2*3-12H,1-2H2;3-11H,2H2,1H3;3-10H,1-2H2/t3-,4+,5-,6-;2*3-,4-,5-,6-;3-,4+,5+/m111./s1. The van der Waals surface area contributed by atoms with Gasteiger partial charge in [0.25, 0.3) is 0 Å². The largest absolute Gasteiger partial charge is 0.394 e. The van der Waals surface area contributed by atoms with Crippen molar-refractivity contribution < 1.29 is 112 Å². The van der Waals surface area contributed by atoms with Gasteiger partial charge in [0.15, 0.2) is 0 Å². The quantitative estimate of drug-likeness (QED) is 0.0637. The summed E-state index contributed by atoms with van der Waals surface area (Å²) in [7, 11) is 0. The zero-order valence-electron chi connectivity index (χ0n) is 24.4. The molecule has 0 radical (unpaired) electrons. The molecular weight excluding hydrogens is 628 g/mol. The highest BCUT2D eigenvalue weighted by atomic mass is 16.4. The molecule has 0 heterocycles. The van der Waals surface area contributed by atoms with Crippen molar-refractivity contribution in [1.82, 2.24) is 0 Å². The van der Waals surface area contributed by atoms with Crippen molar-refractivity contribution >= 4 is 0 Å². The summed E-state index contributed by atoms with van der Waals surface area (Å²) in [4.78, 5) is 0. The van der Waals surface area contributed by atoms with Crippen LogP contribution in [0.25, 0.3) is 0 Å². The van der Waals surface area contributed by atoms with Crippen LogP contribution in [0.4, 0.5) is 0 Å². The summed E-state index contributed by atoms with van der Waals surface area (Å²) in [6.45, 7) is -3.56. The topological polar surface area (TPSA) is 445 Å². The van der Waals surface area contributed by atoms with Gasteiger partial charge in [-0.05, 0) is 6.92 Å². The molecule has 0 amide bonds.